The highest BCUT2D eigenvalue weighted by atomic mass is 35.5. The number of nitrogens with one attached hydrogen (secondary N) is 3. The smallest absolute Gasteiger partial charge is 0.308 e. The van der Waals surface area contributed by atoms with E-state index in [0.29, 0.717) is 42.8 Å². The molecule has 0 radical (unpaired) electrons. The molecule has 4 aliphatic heterocycles. The topological polar surface area (TPSA) is 121 Å². The first-order chi connectivity index (χ1) is 21.8. The number of fused-ring (bicyclic) bond motifs is 3. The molecule has 10 nitrogen and oxygen atoms in total. The zero-order valence-electron chi connectivity index (χ0n) is 26.8. The standard InChI is InChI=1S/C33H51ClN6O4S/c1-18-11-24(31-30(37-18)26(16-45-31)33(42)43)23-12-21(34)3-6-29(23)44-10-9-40-19(2)38-28-5-4-22(13-25(28)32(40)41)39-8-7-27-20(15-39)14-35-17-36-27/h18,20-24,26-27,29-31,35-37H,3-17H2,1-2H3,(H,42,43). The van der Waals surface area contributed by atoms with Crippen LogP contribution in [0.15, 0.2) is 4.79 Å². The van der Waals surface area contributed by atoms with Crippen molar-refractivity contribution in [2.24, 2.45) is 23.7 Å². The normalized spacial score (nSPS) is 40.4. The molecule has 7 rings (SSSR count). The van der Waals surface area contributed by atoms with Gasteiger partial charge in [-0.05, 0) is 89.5 Å². The number of nitrogens with zero attached hydrogens (tertiary/aromatic N) is 3. The number of aliphatic carboxylic acids is 1. The Morgan fingerprint density at radius 2 is 2.07 bits per heavy atom. The van der Waals surface area contributed by atoms with Gasteiger partial charge in [0.25, 0.3) is 5.56 Å². The van der Waals surface area contributed by atoms with Gasteiger partial charge < -0.3 is 25.8 Å². The molecule has 5 heterocycles. The van der Waals surface area contributed by atoms with Gasteiger partial charge >= 0.3 is 5.97 Å². The molecule has 4 N–H and O–H groups in total. The lowest BCUT2D eigenvalue weighted by Gasteiger charge is -2.47. The number of aryl methyl sites for hydroxylation is 2. The number of carboxylic acid groups (broad SMARTS) is 1. The molecular weight excluding hydrogens is 612 g/mol. The SMILES string of the molecule is Cc1nc2c(c(=O)n1CCOC1CCC(Cl)CC1C1CC(C)NC3C(C(=O)O)CSC13)CC(N1CCC3NCNCC3C1)CC2. The summed E-state index contributed by atoms with van der Waals surface area (Å²) in [5.41, 5.74) is 2.01. The van der Waals surface area contributed by atoms with Gasteiger partial charge in [0.15, 0.2) is 0 Å². The number of carbonyl (C=O) groups is 1. The molecule has 1 aromatic rings. The molecule has 6 aliphatic rings. The van der Waals surface area contributed by atoms with Crippen LogP contribution in [0.4, 0.5) is 0 Å². The van der Waals surface area contributed by atoms with E-state index in [1.807, 2.05) is 23.3 Å². The number of carboxylic acids is 1. The van der Waals surface area contributed by atoms with Gasteiger partial charge in [0.2, 0.25) is 0 Å². The molecule has 1 aromatic heterocycles. The number of likely N-dealkylation sites (tertiary alicyclic amines) is 1. The predicted molar refractivity (Wildman–Crippen MR) is 177 cm³/mol. The Hall–Kier alpha value is -1.21. The van der Waals surface area contributed by atoms with Crippen molar-refractivity contribution in [2.75, 3.05) is 38.7 Å². The molecule has 0 bridgehead atoms. The van der Waals surface area contributed by atoms with Crippen molar-refractivity contribution in [1.82, 2.24) is 30.4 Å². The first kappa shape index (κ1) is 32.3. The highest BCUT2D eigenvalue weighted by molar-refractivity contribution is 8.00. The molecule has 5 fully saturated rings. The van der Waals surface area contributed by atoms with Gasteiger partial charge in [-0.25, -0.2) is 4.98 Å². The van der Waals surface area contributed by atoms with E-state index >= 15 is 0 Å². The second kappa shape index (κ2) is 13.7. The fourth-order valence-corrected chi connectivity index (χ4v) is 11.8. The van der Waals surface area contributed by atoms with Crippen molar-refractivity contribution in [3.8, 4) is 0 Å². The van der Waals surface area contributed by atoms with Crippen molar-refractivity contribution < 1.29 is 14.6 Å². The third-order valence-electron chi connectivity index (χ3n) is 11.9. The first-order valence-corrected chi connectivity index (χ1v) is 18.9. The second-order valence-corrected chi connectivity index (χ2v) is 16.5. The van der Waals surface area contributed by atoms with E-state index in [1.165, 1.54) is 6.42 Å². The summed E-state index contributed by atoms with van der Waals surface area (Å²) in [6.45, 7) is 9.25. The minimum atomic E-state index is -0.698. The summed E-state index contributed by atoms with van der Waals surface area (Å²) < 4.78 is 8.51. The van der Waals surface area contributed by atoms with E-state index in [-0.39, 0.29) is 46.2 Å². The molecule has 12 heteroatoms. The van der Waals surface area contributed by atoms with Crippen molar-refractivity contribution in [3.63, 3.8) is 0 Å². The lowest BCUT2D eigenvalue weighted by molar-refractivity contribution is -0.142. The van der Waals surface area contributed by atoms with Crippen LogP contribution in [0.2, 0.25) is 0 Å². The highest BCUT2D eigenvalue weighted by Gasteiger charge is 2.51. The summed E-state index contributed by atoms with van der Waals surface area (Å²) in [6, 6.07) is 1.27. The van der Waals surface area contributed by atoms with Crippen molar-refractivity contribution in [3.05, 3.63) is 27.4 Å². The molecule has 0 aromatic carbocycles. The fraction of sp³-hybridized carbons (Fsp3) is 0.848. The largest absolute Gasteiger partial charge is 0.481 e. The number of thioether (sulfide) groups is 1. The van der Waals surface area contributed by atoms with Gasteiger partial charge in [-0.2, -0.15) is 11.8 Å². The fourth-order valence-electron chi connectivity index (χ4n) is 9.62. The van der Waals surface area contributed by atoms with Gasteiger partial charge in [-0.15, -0.1) is 11.6 Å². The number of alkyl halides is 1. The van der Waals surface area contributed by atoms with E-state index in [4.69, 9.17) is 21.3 Å². The van der Waals surface area contributed by atoms with Crippen LogP contribution in [0, 0.1) is 30.6 Å². The second-order valence-electron chi connectivity index (χ2n) is 14.6. The summed E-state index contributed by atoms with van der Waals surface area (Å²) in [5, 5.41) is 21.0. The third kappa shape index (κ3) is 6.61. The van der Waals surface area contributed by atoms with Crippen molar-refractivity contribution >= 4 is 29.3 Å². The number of ether oxygens (including phenoxy) is 1. The lowest BCUT2D eigenvalue weighted by atomic mass is 9.70. The quantitative estimate of drug-likeness (QED) is 0.324. The van der Waals surface area contributed by atoms with Gasteiger partial charge in [0.1, 0.15) is 5.82 Å². The maximum atomic E-state index is 13.9. The van der Waals surface area contributed by atoms with Crippen LogP contribution in [-0.2, 0) is 28.9 Å². The molecule has 11 atom stereocenters. The van der Waals surface area contributed by atoms with Crippen LogP contribution < -0.4 is 21.5 Å². The van der Waals surface area contributed by atoms with Gasteiger partial charge in [0.05, 0.1) is 30.9 Å². The number of aromatic nitrogens is 2. The van der Waals surface area contributed by atoms with E-state index < -0.39 is 5.97 Å². The zero-order valence-corrected chi connectivity index (χ0v) is 28.3. The van der Waals surface area contributed by atoms with Crippen LogP contribution in [0.25, 0.3) is 0 Å². The Kier molecular flexibility index (Phi) is 9.86. The number of rotatable bonds is 7. The maximum absolute atomic E-state index is 13.9. The Morgan fingerprint density at radius 1 is 1.20 bits per heavy atom. The molecule has 250 valence electrons. The van der Waals surface area contributed by atoms with E-state index in [1.54, 1.807) is 0 Å². The molecule has 11 unspecified atom stereocenters. The summed E-state index contributed by atoms with van der Waals surface area (Å²) in [7, 11) is 0. The monoisotopic (exact) mass is 662 g/mol. The molecule has 45 heavy (non-hydrogen) atoms. The summed E-state index contributed by atoms with van der Waals surface area (Å²) in [6.07, 6.45) is 7.70. The first-order valence-electron chi connectivity index (χ1n) is 17.4. The molecule has 0 amide bonds. The van der Waals surface area contributed by atoms with Gasteiger partial charge in [0, 0.05) is 65.9 Å². The number of hydrogen-bond acceptors (Lipinski definition) is 9. The van der Waals surface area contributed by atoms with Crippen molar-refractivity contribution in [2.45, 2.75) is 113 Å². The summed E-state index contributed by atoms with van der Waals surface area (Å²) in [4.78, 5) is 33.5. The average Bonchev–Trinajstić information content (AvgIpc) is 3.46. The number of piperidine rings is 2. The van der Waals surface area contributed by atoms with Crippen LogP contribution in [0.1, 0.15) is 62.5 Å². The summed E-state index contributed by atoms with van der Waals surface area (Å²) >= 11 is 8.58. The number of hydrogen-bond donors (Lipinski definition) is 4. The molecule has 1 saturated carbocycles. The lowest BCUT2D eigenvalue weighted by Crippen LogP contribution is -2.60. The Labute approximate surface area is 276 Å². The van der Waals surface area contributed by atoms with Crippen LogP contribution in [0.3, 0.4) is 0 Å². The van der Waals surface area contributed by atoms with Crippen molar-refractivity contribution in [1.29, 1.82) is 0 Å². The predicted octanol–water partition coefficient (Wildman–Crippen LogP) is 2.23. The summed E-state index contributed by atoms with van der Waals surface area (Å²) in [5.74, 6) is 1.67. The minimum absolute atomic E-state index is 0.00779. The highest BCUT2D eigenvalue weighted by Crippen LogP contribution is 2.48. The average molecular weight is 663 g/mol. The van der Waals surface area contributed by atoms with E-state index in [2.05, 4.69) is 27.8 Å². The molecule has 4 saturated heterocycles. The Balaban J connectivity index is 1.01. The van der Waals surface area contributed by atoms with E-state index in [0.717, 1.165) is 88.3 Å². The Bertz CT molecular complexity index is 1300. The Morgan fingerprint density at radius 3 is 2.91 bits per heavy atom. The molecule has 2 aliphatic carbocycles. The number of halogens is 1. The van der Waals surface area contributed by atoms with Gasteiger partial charge in [-0.3, -0.25) is 19.1 Å². The zero-order chi connectivity index (χ0) is 31.2. The molecular formula is C33H51ClN6O4S. The molecule has 0 spiro atoms. The van der Waals surface area contributed by atoms with E-state index in [9.17, 15) is 14.7 Å². The van der Waals surface area contributed by atoms with Crippen LogP contribution in [-0.4, -0.2) is 105 Å². The maximum Gasteiger partial charge on any atom is 0.308 e. The van der Waals surface area contributed by atoms with Gasteiger partial charge in [-0.1, -0.05) is 0 Å². The minimum Gasteiger partial charge on any atom is -0.481 e. The van der Waals surface area contributed by atoms with Crippen LogP contribution >= 0.6 is 23.4 Å². The van der Waals surface area contributed by atoms with Crippen LogP contribution in [0.5, 0.6) is 0 Å². The third-order valence-corrected chi connectivity index (χ3v) is 13.9.